The molecule has 0 saturated heterocycles. The van der Waals surface area contributed by atoms with Crippen molar-refractivity contribution in [3.05, 3.63) is 102 Å². The number of hydrogen-bond donors (Lipinski definition) is 1. The summed E-state index contributed by atoms with van der Waals surface area (Å²) in [6.45, 7) is 0. The van der Waals surface area contributed by atoms with Crippen molar-refractivity contribution in [1.29, 1.82) is 0 Å². The molecule has 0 aliphatic carbocycles. The van der Waals surface area contributed by atoms with Gasteiger partial charge in [-0.25, -0.2) is 4.98 Å². The fourth-order valence-electron chi connectivity index (χ4n) is 4.92. The van der Waals surface area contributed by atoms with Gasteiger partial charge in [-0.2, -0.15) is 13.2 Å². The molecule has 1 aromatic heterocycles. The van der Waals surface area contributed by atoms with Crippen LogP contribution in [0.2, 0.25) is 0 Å². The van der Waals surface area contributed by atoms with E-state index in [0.717, 1.165) is 11.4 Å². The largest absolute Gasteiger partial charge is 0.507 e. The number of carbonyl (C=O) groups excluding carboxylic acids is 1. The Morgan fingerprint density at radius 1 is 0.818 bits per heavy atom. The molecule has 0 radical (unpaired) electrons. The lowest BCUT2D eigenvalue weighted by molar-refractivity contribution is -0.138. The number of nitrogens with zero attached hydrogens (tertiary/aromatic N) is 4. The van der Waals surface area contributed by atoms with E-state index in [9.17, 15) is 23.1 Å². The minimum atomic E-state index is -4.90. The Morgan fingerprint density at radius 3 is 1.86 bits per heavy atom. The first-order valence-electron chi connectivity index (χ1n) is 13.7. The van der Waals surface area contributed by atoms with Crippen molar-refractivity contribution in [3.8, 4) is 45.4 Å². The predicted octanol–water partition coefficient (Wildman–Crippen LogP) is 7.44. The number of carbonyl (C=O) groups is 1. The van der Waals surface area contributed by atoms with E-state index in [1.807, 2.05) is 86.5 Å². The first kappa shape index (κ1) is 30.2. The molecule has 0 spiro atoms. The van der Waals surface area contributed by atoms with Crippen LogP contribution in [0.4, 0.5) is 24.5 Å². The van der Waals surface area contributed by atoms with Gasteiger partial charge in [-0.1, -0.05) is 42.5 Å². The van der Waals surface area contributed by atoms with Crippen molar-refractivity contribution in [1.82, 2.24) is 9.55 Å². The van der Waals surface area contributed by atoms with E-state index in [1.54, 1.807) is 30.3 Å². The Hall–Kier alpha value is -5.25. The third kappa shape index (κ3) is 5.70. The van der Waals surface area contributed by atoms with Crippen molar-refractivity contribution in [2.24, 2.45) is 0 Å². The summed E-state index contributed by atoms with van der Waals surface area (Å²) in [6.07, 6.45) is -4.90. The lowest BCUT2D eigenvalue weighted by atomic mass is 10.0. The number of phenols is 1. The summed E-state index contributed by atoms with van der Waals surface area (Å²) in [7, 11) is 8.84. The maximum atomic E-state index is 14.3. The van der Waals surface area contributed by atoms with Gasteiger partial charge in [0, 0.05) is 56.3 Å². The van der Waals surface area contributed by atoms with E-state index in [-0.39, 0.29) is 22.7 Å². The van der Waals surface area contributed by atoms with Crippen LogP contribution in [0.25, 0.3) is 33.9 Å². The summed E-state index contributed by atoms with van der Waals surface area (Å²) in [5.74, 6) is -1.92. The van der Waals surface area contributed by atoms with E-state index in [4.69, 9.17) is 9.72 Å². The molecule has 0 aliphatic rings. The second kappa shape index (κ2) is 11.8. The normalized spacial score (nSPS) is 11.4. The highest BCUT2D eigenvalue weighted by Crippen LogP contribution is 2.46. The molecule has 226 valence electrons. The molecular weight excluding hydrogens is 569 g/mol. The third-order valence-electron chi connectivity index (χ3n) is 7.28. The number of ether oxygens (including phenoxy) is 1. The van der Waals surface area contributed by atoms with Gasteiger partial charge in [-0.05, 0) is 48.5 Å². The highest BCUT2D eigenvalue weighted by Gasteiger charge is 2.37. The van der Waals surface area contributed by atoms with Gasteiger partial charge in [0.1, 0.15) is 17.1 Å². The van der Waals surface area contributed by atoms with Crippen molar-refractivity contribution < 1.29 is 27.8 Å². The molecule has 10 heteroatoms. The van der Waals surface area contributed by atoms with Crippen LogP contribution >= 0.6 is 0 Å². The Labute approximate surface area is 253 Å². The van der Waals surface area contributed by atoms with Crippen molar-refractivity contribution in [2.45, 2.75) is 6.18 Å². The van der Waals surface area contributed by atoms with Crippen LogP contribution in [-0.4, -0.2) is 55.9 Å². The first-order chi connectivity index (χ1) is 20.9. The van der Waals surface area contributed by atoms with Crippen LogP contribution in [0.3, 0.4) is 0 Å². The number of rotatable bonds is 7. The number of anilines is 2. The van der Waals surface area contributed by atoms with Gasteiger partial charge in [0.05, 0.1) is 24.1 Å². The van der Waals surface area contributed by atoms with E-state index in [0.29, 0.717) is 28.6 Å². The second-order valence-corrected chi connectivity index (χ2v) is 10.6. The summed E-state index contributed by atoms with van der Waals surface area (Å²) < 4.78 is 48.7. The molecular formula is C34H31F3N4O3. The number of imidazole rings is 1. The summed E-state index contributed by atoms with van der Waals surface area (Å²) in [5, 5.41) is 11.1. The van der Waals surface area contributed by atoms with Crippen LogP contribution in [0.1, 0.15) is 15.9 Å². The number of hydrogen-bond acceptors (Lipinski definition) is 6. The molecule has 4 aromatic carbocycles. The van der Waals surface area contributed by atoms with Crippen LogP contribution in [-0.2, 0) is 6.18 Å². The second-order valence-electron chi connectivity index (χ2n) is 10.6. The van der Waals surface area contributed by atoms with Gasteiger partial charge in [-0.15, -0.1) is 0 Å². The maximum Gasteiger partial charge on any atom is 0.420 e. The average molecular weight is 601 g/mol. The average Bonchev–Trinajstić information content (AvgIpc) is 3.41. The zero-order valence-corrected chi connectivity index (χ0v) is 24.8. The predicted molar refractivity (Wildman–Crippen MR) is 167 cm³/mol. The van der Waals surface area contributed by atoms with Gasteiger partial charge >= 0.3 is 6.18 Å². The molecule has 7 nitrogen and oxygen atoms in total. The van der Waals surface area contributed by atoms with Crippen molar-refractivity contribution >= 4 is 17.3 Å². The summed E-state index contributed by atoms with van der Waals surface area (Å²) in [6, 6.07) is 25.2. The highest BCUT2D eigenvalue weighted by molar-refractivity contribution is 6.03. The highest BCUT2D eigenvalue weighted by atomic mass is 19.4. The zero-order chi connectivity index (χ0) is 31.8. The Bertz CT molecular complexity index is 1800. The van der Waals surface area contributed by atoms with E-state index in [2.05, 4.69) is 0 Å². The van der Waals surface area contributed by atoms with Gasteiger partial charge in [-0.3, -0.25) is 9.36 Å². The Morgan fingerprint density at radius 2 is 1.36 bits per heavy atom. The van der Waals surface area contributed by atoms with Crippen LogP contribution < -0.4 is 14.5 Å². The van der Waals surface area contributed by atoms with Crippen molar-refractivity contribution in [2.75, 3.05) is 45.1 Å². The molecule has 5 aromatic rings. The summed E-state index contributed by atoms with van der Waals surface area (Å²) in [4.78, 5) is 23.0. The molecule has 0 atom stereocenters. The van der Waals surface area contributed by atoms with Gasteiger partial charge in [0.2, 0.25) is 0 Å². The SMILES string of the molecule is COc1cc(-c2nc(-c3ccc(N(C)C)cc3)c(-c3ccc(N(C)C)cc3)n2C(=O)c2ccccc2)c(O)c(C(F)(F)F)c1. The number of aromatic hydroxyl groups is 1. The first-order valence-corrected chi connectivity index (χ1v) is 13.7. The number of alkyl halides is 3. The third-order valence-corrected chi connectivity index (χ3v) is 7.28. The number of phenolic OH excluding ortho intramolecular Hbond substituents is 1. The summed E-state index contributed by atoms with van der Waals surface area (Å²) >= 11 is 0. The minimum absolute atomic E-state index is 0.152. The standard InChI is InChI=1S/C34H31F3N4O3/c1-39(2)24-15-11-21(12-16-24)29-30(22-13-17-25(18-14-22)40(3)4)41(33(43)23-9-7-6-8-10-23)32(38-29)27-19-26(44-5)20-28(31(27)42)34(35,36)37/h6-20,42H,1-5H3. The van der Waals surface area contributed by atoms with E-state index in [1.165, 1.54) is 17.7 Å². The molecule has 0 bridgehead atoms. The number of methoxy groups -OCH3 is 1. The van der Waals surface area contributed by atoms with Crippen LogP contribution in [0.15, 0.2) is 91.0 Å². The molecule has 0 unspecified atom stereocenters. The maximum absolute atomic E-state index is 14.3. The van der Waals surface area contributed by atoms with Gasteiger partial charge in [0.25, 0.3) is 5.91 Å². The summed E-state index contributed by atoms with van der Waals surface area (Å²) in [5.41, 5.74) is 2.44. The zero-order valence-electron chi connectivity index (χ0n) is 24.8. The molecule has 0 amide bonds. The van der Waals surface area contributed by atoms with Crippen LogP contribution in [0, 0.1) is 0 Å². The molecule has 5 rings (SSSR count). The fraction of sp³-hybridized carbons (Fsp3) is 0.176. The topological polar surface area (TPSA) is 70.8 Å². The molecule has 0 aliphatic heterocycles. The lowest BCUT2D eigenvalue weighted by Gasteiger charge is -2.17. The van der Waals surface area contributed by atoms with Gasteiger partial charge < -0.3 is 19.6 Å². The van der Waals surface area contributed by atoms with E-state index >= 15 is 0 Å². The number of halogens is 3. The van der Waals surface area contributed by atoms with Crippen molar-refractivity contribution in [3.63, 3.8) is 0 Å². The molecule has 44 heavy (non-hydrogen) atoms. The molecule has 1 N–H and O–H groups in total. The number of benzene rings is 4. The number of aromatic nitrogens is 2. The monoisotopic (exact) mass is 600 g/mol. The lowest BCUT2D eigenvalue weighted by Crippen LogP contribution is -2.16. The molecule has 0 fully saturated rings. The molecule has 1 heterocycles. The quantitative estimate of drug-likeness (QED) is 0.209. The van der Waals surface area contributed by atoms with Gasteiger partial charge in [0.15, 0.2) is 5.82 Å². The smallest absolute Gasteiger partial charge is 0.420 e. The Balaban J connectivity index is 1.90. The van der Waals surface area contributed by atoms with E-state index < -0.39 is 23.4 Å². The van der Waals surface area contributed by atoms with Crippen LogP contribution in [0.5, 0.6) is 11.5 Å². The molecule has 0 saturated carbocycles. The Kier molecular flexibility index (Phi) is 8.10. The minimum Gasteiger partial charge on any atom is -0.507 e. The fourth-order valence-corrected chi connectivity index (χ4v) is 4.92.